The van der Waals surface area contributed by atoms with Crippen LogP contribution in [0.25, 0.3) is 11.1 Å². The van der Waals surface area contributed by atoms with E-state index in [1.807, 2.05) is 0 Å². The molecule has 0 aliphatic carbocycles. The Morgan fingerprint density at radius 1 is 1.14 bits per heavy atom. The summed E-state index contributed by atoms with van der Waals surface area (Å²) in [5, 5.41) is 14.7. The van der Waals surface area contributed by atoms with Crippen molar-refractivity contribution in [3.05, 3.63) is 61.1 Å². The molecule has 2 heterocycles. The van der Waals surface area contributed by atoms with Gasteiger partial charge in [-0.25, -0.2) is 4.99 Å². The molecule has 0 atom stereocenters. The van der Waals surface area contributed by atoms with Gasteiger partial charge in [0, 0.05) is 22.9 Å². The van der Waals surface area contributed by atoms with Crippen LogP contribution in [0, 0.1) is 24.0 Å². The van der Waals surface area contributed by atoms with E-state index in [4.69, 9.17) is 9.73 Å². The summed E-state index contributed by atoms with van der Waals surface area (Å²) < 4.78 is 6.26. The highest BCUT2D eigenvalue weighted by atomic mass is 32.9. The third-order valence-corrected chi connectivity index (χ3v) is 7.80. The van der Waals surface area contributed by atoms with Gasteiger partial charge in [-0.1, -0.05) is 20.7 Å². The Balaban J connectivity index is 1.96. The van der Waals surface area contributed by atoms with Gasteiger partial charge in [0.15, 0.2) is 5.75 Å². The molecule has 0 bridgehead atoms. The van der Waals surface area contributed by atoms with Crippen molar-refractivity contribution in [2.75, 3.05) is 12.4 Å². The highest BCUT2D eigenvalue weighted by Gasteiger charge is 2.34. The maximum absolute atomic E-state index is 11.1. The van der Waals surface area contributed by atoms with Crippen LogP contribution in [-0.2, 0) is 5.54 Å². The zero-order chi connectivity index (χ0) is 20.9. The smallest absolute Gasteiger partial charge is 0.273 e. The topological polar surface area (TPSA) is 76.8 Å². The van der Waals surface area contributed by atoms with Gasteiger partial charge in [-0.3, -0.25) is 10.1 Å². The van der Waals surface area contributed by atoms with Crippen molar-refractivity contribution in [2.24, 2.45) is 4.99 Å². The molecule has 8 heteroatoms. The number of hydrogen-bond donors (Lipinski definition) is 1. The summed E-state index contributed by atoms with van der Waals surface area (Å²) in [7, 11) is 4.82. The Labute approximate surface area is 176 Å². The minimum Gasteiger partial charge on any atom is -0.494 e. The number of nitrogens with one attached hydrogen (secondary N) is 1. The number of methoxy groups -OCH3 is 1. The fourth-order valence-electron chi connectivity index (χ4n) is 3.49. The maximum atomic E-state index is 11.1. The summed E-state index contributed by atoms with van der Waals surface area (Å²) in [5.74, 6) is 0.389. The molecular formula is C21H21N3O3S2. The van der Waals surface area contributed by atoms with Crippen molar-refractivity contribution in [3.63, 3.8) is 0 Å². The number of nitro benzene ring substituents is 1. The van der Waals surface area contributed by atoms with Crippen LogP contribution in [0.5, 0.6) is 5.75 Å². The normalized spacial score (nSPS) is 14.7. The van der Waals surface area contributed by atoms with Crippen LogP contribution < -0.4 is 14.7 Å². The first-order valence-corrected chi connectivity index (χ1v) is 11.3. The van der Waals surface area contributed by atoms with Crippen molar-refractivity contribution >= 4 is 37.7 Å². The third kappa shape index (κ3) is 3.32. The van der Waals surface area contributed by atoms with Gasteiger partial charge in [0.1, 0.15) is 10.4 Å². The lowest BCUT2D eigenvalue weighted by Crippen LogP contribution is -2.31. The van der Waals surface area contributed by atoms with Crippen LogP contribution >= 0.6 is 20.7 Å². The molecule has 1 aromatic heterocycles. The Hall–Kier alpha value is -2.71. The largest absolute Gasteiger partial charge is 0.494 e. The summed E-state index contributed by atoms with van der Waals surface area (Å²) in [6, 6.07) is 8.90. The van der Waals surface area contributed by atoms with Crippen molar-refractivity contribution < 1.29 is 9.66 Å². The molecule has 0 spiro atoms. The van der Waals surface area contributed by atoms with Crippen molar-refractivity contribution in [2.45, 2.75) is 33.2 Å². The first kappa shape index (κ1) is 19.6. The fraction of sp³-hybridized carbons (Fsp3) is 0.286. The van der Waals surface area contributed by atoms with E-state index >= 15 is 0 Å². The molecule has 0 radical (unpaired) electrons. The zero-order valence-corrected chi connectivity index (χ0v) is 18.5. The molecule has 3 aromatic rings. The minimum atomic E-state index is -0.434. The third-order valence-electron chi connectivity index (χ3n) is 5.16. The Morgan fingerprint density at radius 2 is 1.86 bits per heavy atom. The van der Waals surface area contributed by atoms with E-state index in [1.54, 1.807) is 26.7 Å². The molecular weight excluding hydrogens is 406 g/mol. The summed E-state index contributed by atoms with van der Waals surface area (Å²) >= 11 is 0. The minimum absolute atomic E-state index is 0.0152. The van der Waals surface area contributed by atoms with Gasteiger partial charge >= 0.3 is 0 Å². The second kappa shape index (κ2) is 6.96. The molecule has 1 aliphatic rings. The summed E-state index contributed by atoms with van der Waals surface area (Å²) in [6.07, 6.45) is 0. The predicted molar refractivity (Wildman–Crippen MR) is 119 cm³/mol. The van der Waals surface area contributed by atoms with E-state index in [1.165, 1.54) is 35.2 Å². The van der Waals surface area contributed by atoms with E-state index in [-0.39, 0.29) is 11.2 Å². The SMILES string of the molecule is COc1cc([N+](=O)[O-])ccc1N=c1ssc2c1-c1cc(C)c(C)cc1NC2(C)C. The quantitative estimate of drug-likeness (QED) is 0.320. The van der Waals surface area contributed by atoms with Crippen LogP contribution in [0.2, 0.25) is 0 Å². The molecule has 6 nitrogen and oxygen atoms in total. The van der Waals surface area contributed by atoms with Crippen molar-refractivity contribution in [1.82, 2.24) is 0 Å². The molecule has 2 aromatic carbocycles. The highest BCUT2D eigenvalue weighted by Crippen LogP contribution is 2.46. The number of hydrogen-bond acceptors (Lipinski definition) is 7. The first-order chi connectivity index (χ1) is 13.7. The lowest BCUT2D eigenvalue weighted by molar-refractivity contribution is -0.384. The number of anilines is 1. The van der Waals surface area contributed by atoms with E-state index in [9.17, 15) is 10.1 Å². The first-order valence-electron chi connectivity index (χ1n) is 9.12. The predicted octanol–water partition coefficient (Wildman–Crippen LogP) is 5.90. The van der Waals surface area contributed by atoms with Crippen molar-refractivity contribution in [3.8, 4) is 16.9 Å². The van der Waals surface area contributed by atoms with Crippen LogP contribution in [0.1, 0.15) is 29.9 Å². The molecule has 4 rings (SSSR count). The van der Waals surface area contributed by atoms with Gasteiger partial charge in [-0.15, -0.1) is 0 Å². The average Bonchev–Trinajstić information content (AvgIpc) is 3.08. The van der Waals surface area contributed by atoms with Gasteiger partial charge < -0.3 is 10.1 Å². The van der Waals surface area contributed by atoms with Gasteiger partial charge in [0.2, 0.25) is 0 Å². The number of non-ortho nitro benzene ring substituents is 1. The number of nitro groups is 1. The average molecular weight is 428 g/mol. The Kier molecular flexibility index (Phi) is 4.71. The summed E-state index contributed by atoms with van der Waals surface area (Å²) in [6.45, 7) is 8.57. The van der Waals surface area contributed by atoms with Gasteiger partial charge in [-0.2, -0.15) is 0 Å². The van der Waals surface area contributed by atoms with Gasteiger partial charge in [0.05, 0.1) is 28.5 Å². The number of aryl methyl sites for hydroxylation is 2. The van der Waals surface area contributed by atoms with Crippen molar-refractivity contribution in [1.29, 1.82) is 0 Å². The molecule has 0 saturated carbocycles. The Bertz CT molecular complexity index is 1210. The molecule has 0 amide bonds. The zero-order valence-electron chi connectivity index (χ0n) is 16.8. The van der Waals surface area contributed by atoms with Crippen LogP contribution in [0.4, 0.5) is 17.1 Å². The second-order valence-electron chi connectivity index (χ2n) is 7.63. The van der Waals surface area contributed by atoms with Crippen LogP contribution in [-0.4, -0.2) is 12.0 Å². The monoisotopic (exact) mass is 427 g/mol. The second-order valence-corrected chi connectivity index (χ2v) is 9.76. The number of rotatable bonds is 3. The standard InChI is InChI=1S/C21H21N3O3S2/c1-11-8-14-16(9-12(11)2)23-21(3,4)19-18(14)20(29-28-19)22-15-7-6-13(24(25)26)10-17(15)27-5/h6-10,23H,1-5H3. The van der Waals surface area contributed by atoms with E-state index in [2.05, 4.69) is 45.1 Å². The molecule has 1 aliphatic heterocycles. The lowest BCUT2D eigenvalue weighted by Gasteiger charge is -2.34. The summed E-state index contributed by atoms with van der Waals surface area (Å²) in [4.78, 5) is 16.7. The number of benzene rings is 2. The fourth-order valence-corrected chi connectivity index (χ4v) is 6.42. The van der Waals surface area contributed by atoms with E-state index in [0.717, 1.165) is 21.5 Å². The van der Waals surface area contributed by atoms with E-state index in [0.29, 0.717) is 11.4 Å². The number of ether oxygens (including phenoxy) is 1. The molecule has 150 valence electrons. The molecule has 0 unspecified atom stereocenters. The number of fused-ring (bicyclic) bond motifs is 3. The Morgan fingerprint density at radius 3 is 2.55 bits per heavy atom. The number of nitrogens with zero attached hydrogens (tertiary/aromatic N) is 2. The summed E-state index contributed by atoms with van der Waals surface area (Å²) in [5.41, 5.74) is 6.19. The van der Waals surface area contributed by atoms with Gasteiger partial charge in [-0.05, 0) is 57.0 Å². The lowest BCUT2D eigenvalue weighted by atomic mass is 9.88. The van der Waals surface area contributed by atoms with Crippen LogP contribution in [0.3, 0.4) is 0 Å². The molecule has 0 saturated heterocycles. The maximum Gasteiger partial charge on any atom is 0.273 e. The molecule has 0 fully saturated rings. The molecule has 29 heavy (non-hydrogen) atoms. The van der Waals surface area contributed by atoms with E-state index < -0.39 is 4.92 Å². The van der Waals surface area contributed by atoms with Crippen LogP contribution in [0.15, 0.2) is 35.3 Å². The molecule has 1 N–H and O–H groups in total. The highest BCUT2D eigenvalue weighted by molar-refractivity contribution is 7.68. The van der Waals surface area contributed by atoms with Gasteiger partial charge in [0.25, 0.3) is 5.69 Å².